The van der Waals surface area contributed by atoms with Crippen LogP contribution in [0.5, 0.6) is 0 Å². The summed E-state index contributed by atoms with van der Waals surface area (Å²) in [6, 6.07) is 5.24. The molecule has 3 aromatic rings. The predicted molar refractivity (Wildman–Crippen MR) is 125 cm³/mol. The molecule has 3 heterocycles. The minimum absolute atomic E-state index is 0.0481. The molecule has 0 saturated carbocycles. The molecular weight excluding hydrogens is 452 g/mol. The van der Waals surface area contributed by atoms with E-state index < -0.39 is 10.0 Å². The molecule has 31 heavy (non-hydrogen) atoms. The Morgan fingerprint density at radius 3 is 2.58 bits per heavy atom. The van der Waals surface area contributed by atoms with E-state index in [9.17, 15) is 8.42 Å². The van der Waals surface area contributed by atoms with Crippen molar-refractivity contribution in [2.45, 2.75) is 55.5 Å². The maximum atomic E-state index is 13.0. The van der Waals surface area contributed by atoms with Crippen LogP contribution in [0.1, 0.15) is 38.4 Å². The summed E-state index contributed by atoms with van der Waals surface area (Å²) >= 11 is 3.33. The van der Waals surface area contributed by atoms with Crippen LogP contribution in [0.2, 0.25) is 0 Å². The average molecular weight is 481 g/mol. The Hall–Kier alpha value is -1.46. The zero-order chi connectivity index (χ0) is 22.2. The number of ether oxygens (including phenoxy) is 1. The van der Waals surface area contributed by atoms with Gasteiger partial charge in [0.05, 0.1) is 39.8 Å². The van der Waals surface area contributed by atoms with Crippen LogP contribution in [0.4, 0.5) is 0 Å². The highest BCUT2D eigenvalue weighted by molar-refractivity contribution is 7.98. The zero-order valence-electron chi connectivity index (χ0n) is 18.3. The molecule has 1 fully saturated rings. The second-order valence-electron chi connectivity index (χ2n) is 8.49. The summed E-state index contributed by atoms with van der Waals surface area (Å²) in [5.74, 6) is 0.731. The van der Waals surface area contributed by atoms with Crippen LogP contribution >= 0.6 is 23.1 Å². The molecule has 168 valence electrons. The number of aryl methyl sites for hydroxylation is 1. The second kappa shape index (κ2) is 8.82. The van der Waals surface area contributed by atoms with E-state index in [0.717, 1.165) is 33.7 Å². The Balaban J connectivity index is 1.59. The molecule has 1 aromatic carbocycles. The fourth-order valence-electron chi connectivity index (χ4n) is 3.46. The number of benzene rings is 1. The van der Waals surface area contributed by atoms with E-state index in [1.807, 2.05) is 6.07 Å². The van der Waals surface area contributed by atoms with E-state index >= 15 is 0 Å². The second-order valence-corrected chi connectivity index (χ2v) is 12.2. The van der Waals surface area contributed by atoms with Crippen LogP contribution in [-0.4, -0.2) is 53.6 Å². The quantitative estimate of drug-likeness (QED) is 0.494. The van der Waals surface area contributed by atoms with Crippen molar-refractivity contribution in [2.75, 3.05) is 26.3 Å². The number of aromatic nitrogens is 3. The Morgan fingerprint density at radius 2 is 1.94 bits per heavy atom. The van der Waals surface area contributed by atoms with Crippen molar-refractivity contribution in [3.05, 3.63) is 34.3 Å². The Bertz CT molecular complexity index is 1170. The number of hydrogen-bond acceptors (Lipinski definition) is 7. The van der Waals surface area contributed by atoms with Gasteiger partial charge in [-0.1, -0.05) is 32.5 Å². The van der Waals surface area contributed by atoms with Gasteiger partial charge < -0.3 is 9.30 Å². The number of hydrogen-bond donors (Lipinski definition) is 0. The summed E-state index contributed by atoms with van der Waals surface area (Å²) in [7, 11) is -3.54. The van der Waals surface area contributed by atoms with E-state index in [1.165, 1.54) is 4.31 Å². The summed E-state index contributed by atoms with van der Waals surface area (Å²) < 4.78 is 34.9. The molecule has 0 bridgehead atoms. The first kappa shape index (κ1) is 22.7. The first-order valence-electron chi connectivity index (χ1n) is 10.4. The van der Waals surface area contributed by atoms with Crippen molar-refractivity contribution in [3.8, 4) is 0 Å². The molecule has 1 saturated heterocycles. The molecular formula is C21H28N4O3S3. The van der Waals surface area contributed by atoms with Crippen LogP contribution in [0.3, 0.4) is 0 Å². The van der Waals surface area contributed by atoms with Gasteiger partial charge in [-0.15, -0.1) is 11.3 Å². The number of rotatable bonds is 6. The zero-order valence-corrected chi connectivity index (χ0v) is 20.7. The number of nitrogens with zero attached hydrogens (tertiary/aromatic N) is 4. The molecule has 1 aliphatic rings. The lowest BCUT2D eigenvalue weighted by atomic mass is 9.98. The van der Waals surface area contributed by atoms with E-state index in [1.54, 1.807) is 35.2 Å². The number of imidazole rings is 1. The smallest absolute Gasteiger partial charge is 0.243 e. The maximum absolute atomic E-state index is 13.0. The number of fused-ring (bicyclic) bond motifs is 1. The van der Waals surface area contributed by atoms with Crippen LogP contribution < -0.4 is 0 Å². The van der Waals surface area contributed by atoms with Gasteiger partial charge >= 0.3 is 0 Å². The largest absolute Gasteiger partial charge is 0.379 e. The highest BCUT2D eigenvalue weighted by atomic mass is 32.2. The van der Waals surface area contributed by atoms with E-state index in [-0.39, 0.29) is 10.3 Å². The van der Waals surface area contributed by atoms with Crippen LogP contribution in [0.25, 0.3) is 11.0 Å². The maximum Gasteiger partial charge on any atom is 0.243 e. The van der Waals surface area contributed by atoms with E-state index in [4.69, 9.17) is 14.7 Å². The lowest BCUT2D eigenvalue weighted by molar-refractivity contribution is 0.0730. The van der Waals surface area contributed by atoms with Crippen molar-refractivity contribution in [2.24, 2.45) is 0 Å². The summed E-state index contributed by atoms with van der Waals surface area (Å²) in [5, 5.41) is 4.12. The van der Waals surface area contributed by atoms with Gasteiger partial charge in [-0.05, 0) is 25.1 Å². The van der Waals surface area contributed by atoms with Gasteiger partial charge in [-0.3, -0.25) is 0 Å². The highest BCUT2D eigenvalue weighted by Gasteiger charge is 2.27. The molecule has 0 amide bonds. The average Bonchev–Trinajstić information content (AvgIpc) is 3.36. The number of morpholine rings is 1. The normalized spacial score (nSPS) is 16.3. The van der Waals surface area contributed by atoms with E-state index in [2.05, 4.69) is 37.6 Å². The molecule has 0 unspecified atom stereocenters. The summed E-state index contributed by atoms with van der Waals surface area (Å²) in [5.41, 5.74) is 2.74. The first-order chi connectivity index (χ1) is 14.7. The summed E-state index contributed by atoms with van der Waals surface area (Å²) in [6.45, 7) is 11.0. The molecule has 0 spiro atoms. The third-order valence-electron chi connectivity index (χ3n) is 5.15. The molecule has 0 N–H and O–H groups in total. The SMILES string of the molecule is CCn1c(SCc2csc(C(C)(C)C)n2)nc2cc(S(=O)(=O)N3CCOCC3)ccc21. The molecule has 7 nitrogen and oxygen atoms in total. The van der Waals surface area contributed by atoms with Crippen LogP contribution in [0.15, 0.2) is 33.6 Å². The number of thiazole rings is 1. The first-order valence-corrected chi connectivity index (χ1v) is 13.7. The van der Waals surface area contributed by atoms with Crippen molar-refractivity contribution in [3.63, 3.8) is 0 Å². The van der Waals surface area contributed by atoms with Gasteiger partial charge in [-0.2, -0.15) is 4.31 Å². The lowest BCUT2D eigenvalue weighted by Crippen LogP contribution is -2.40. The van der Waals surface area contributed by atoms with Gasteiger partial charge in [-0.25, -0.2) is 18.4 Å². The summed E-state index contributed by atoms with van der Waals surface area (Å²) in [6.07, 6.45) is 0. The van der Waals surface area contributed by atoms with Gasteiger partial charge in [0.15, 0.2) is 5.16 Å². The van der Waals surface area contributed by atoms with Gasteiger partial charge in [0.25, 0.3) is 0 Å². The molecule has 0 aliphatic carbocycles. The standard InChI is InChI=1S/C21H28N4O3S3/c1-5-25-18-7-6-16(31(26,27)24-8-10-28-11-9-24)12-17(18)23-20(25)30-14-15-13-29-19(22-15)21(2,3)4/h6-7,12-13H,5,8-11,14H2,1-4H3. The Labute approximate surface area is 191 Å². The van der Waals surface area contributed by atoms with Crippen molar-refractivity contribution >= 4 is 44.2 Å². The Kier molecular flexibility index (Phi) is 6.47. The minimum Gasteiger partial charge on any atom is -0.379 e. The third kappa shape index (κ3) is 4.68. The van der Waals surface area contributed by atoms with Crippen LogP contribution in [-0.2, 0) is 32.5 Å². The number of sulfonamides is 1. The van der Waals surface area contributed by atoms with Gasteiger partial charge in [0.1, 0.15) is 0 Å². The van der Waals surface area contributed by atoms with Gasteiger partial charge in [0, 0.05) is 36.2 Å². The molecule has 10 heteroatoms. The van der Waals surface area contributed by atoms with Crippen molar-refractivity contribution < 1.29 is 13.2 Å². The fraction of sp³-hybridized carbons (Fsp3) is 0.524. The Morgan fingerprint density at radius 1 is 1.19 bits per heavy atom. The molecule has 4 rings (SSSR count). The minimum atomic E-state index is -3.54. The predicted octanol–water partition coefficient (Wildman–Crippen LogP) is 4.12. The van der Waals surface area contributed by atoms with Gasteiger partial charge in [0.2, 0.25) is 10.0 Å². The van der Waals surface area contributed by atoms with Crippen molar-refractivity contribution in [1.29, 1.82) is 0 Å². The van der Waals surface area contributed by atoms with Crippen molar-refractivity contribution in [1.82, 2.24) is 18.8 Å². The highest BCUT2D eigenvalue weighted by Crippen LogP contribution is 2.31. The van der Waals surface area contributed by atoms with E-state index in [0.29, 0.717) is 31.8 Å². The summed E-state index contributed by atoms with van der Waals surface area (Å²) in [4.78, 5) is 9.82. The fourth-order valence-corrected chi connectivity index (χ4v) is 6.87. The lowest BCUT2D eigenvalue weighted by Gasteiger charge is -2.26. The molecule has 2 aromatic heterocycles. The van der Waals surface area contributed by atoms with Crippen LogP contribution in [0, 0.1) is 0 Å². The monoisotopic (exact) mass is 480 g/mol. The topological polar surface area (TPSA) is 77.3 Å². The number of thioether (sulfide) groups is 1. The molecule has 1 aliphatic heterocycles. The third-order valence-corrected chi connectivity index (χ3v) is 9.37. The molecule has 0 atom stereocenters. The molecule has 0 radical (unpaired) electrons.